The van der Waals surface area contributed by atoms with Crippen LogP contribution in [-0.4, -0.2) is 35.4 Å². The number of hydrogen-bond acceptors (Lipinski definition) is 3. The van der Waals surface area contributed by atoms with Crippen LogP contribution in [0.1, 0.15) is 48.8 Å². The monoisotopic (exact) mass is 562 g/mol. The molecule has 1 N–H and O–H groups in total. The number of rotatable bonds is 10. The zero-order valence-electron chi connectivity index (χ0n) is 21.4. The summed E-state index contributed by atoms with van der Waals surface area (Å²) in [6, 6.07) is 24.9. The lowest BCUT2D eigenvalue weighted by atomic mass is 9.94. The van der Waals surface area contributed by atoms with E-state index in [1.54, 1.807) is 4.90 Å². The van der Waals surface area contributed by atoms with Crippen molar-refractivity contribution in [3.63, 3.8) is 0 Å². The number of ether oxygens (including phenoxy) is 1. The Morgan fingerprint density at radius 3 is 2.35 bits per heavy atom. The summed E-state index contributed by atoms with van der Waals surface area (Å²) in [5.74, 6) is 0.308. The number of aryl methyl sites for hydroxylation is 1. The first-order valence-electron chi connectivity index (χ1n) is 13.1. The third-order valence-corrected chi connectivity index (χ3v) is 7.34. The van der Waals surface area contributed by atoms with Gasteiger partial charge in [0.15, 0.2) is 6.61 Å². The number of carbonyl (C=O) groups excluding carboxylic acids is 2. The lowest BCUT2D eigenvalue weighted by Crippen LogP contribution is -2.53. The van der Waals surface area contributed by atoms with Crippen LogP contribution < -0.4 is 10.1 Å². The Hall–Kier alpha value is -3.12. The zero-order chi connectivity index (χ0) is 26.0. The van der Waals surface area contributed by atoms with E-state index < -0.39 is 6.04 Å². The van der Waals surface area contributed by atoms with Crippen molar-refractivity contribution in [2.45, 2.75) is 64.1 Å². The van der Waals surface area contributed by atoms with Gasteiger partial charge < -0.3 is 15.0 Å². The maximum absolute atomic E-state index is 13.8. The molecule has 37 heavy (non-hydrogen) atoms. The van der Waals surface area contributed by atoms with Gasteiger partial charge in [-0.15, -0.1) is 0 Å². The summed E-state index contributed by atoms with van der Waals surface area (Å²) in [6.07, 6.45) is 5.87. The van der Waals surface area contributed by atoms with E-state index in [2.05, 4.69) is 21.2 Å². The Balaban J connectivity index is 1.60. The summed E-state index contributed by atoms with van der Waals surface area (Å²) in [5, 5.41) is 3.27. The number of hydrogen-bond donors (Lipinski definition) is 1. The van der Waals surface area contributed by atoms with Gasteiger partial charge in [-0.3, -0.25) is 9.59 Å². The summed E-state index contributed by atoms with van der Waals surface area (Å²) in [5.41, 5.74) is 3.08. The predicted molar refractivity (Wildman–Crippen MR) is 150 cm³/mol. The highest BCUT2D eigenvalue weighted by Gasteiger charge is 2.32. The van der Waals surface area contributed by atoms with Crippen molar-refractivity contribution in [2.75, 3.05) is 6.61 Å². The molecule has 1 fully saturated rings. The molecule has 0 aliphatic heterocycles. The fourth-order valence-corrected chi connectivity index (χ4v) is 5.24. The fraction of sp³-hybridized carbons (Fsp3) is 0.355. The van der Waals surface area contributed by atoms with Gasteiger partial charge >= 0.3 is 0 Å². The van der Waals surface area contributed by atoms with Crippen LogP contribution in [0.25, 0.3) is 0 Å². The number of carbonyl (C=O) groups is 2. The van der Waals surface area contributed by atoms with E-state index in [0.717, 1.165) is 46.8 Å². The number of nitrogens with one attached hydrogen (secondary N) is 1. The van der Waals surface area contributed by atoms with Crippen molar-refractivity contribution in [1.29, 1.82) is 0 Å². The molecular weight excluding hydrogens is 528 g/mol. The SMILES string of the molecule is Cc1ccc(OCC(=O)N(Cc2cccc(Br)c2)[C@@H](Cc2ccccc2)C(=O)NC2CCCCC2)cc1. The lowest BCUT2D eigenvalue weighted by Gasteiger charge is -2.33. The molecule has 2 amide bonds. The van der Waals surface area contributed by atoms with Gasteiger partial charge in [-0.25, -0.2) is 0 Å². The molecule has 1 aliphatic carbocycles. The summed E-state index contributed by atoms with van der Waals surface area (Å²) < 4.78 is 6.79. The number of halogens is 1. The Labute approximate surface area is 228 Å². The molecule has 1 saturated carbocycles. The van der Waals surface area contributed by atoms with Crippen LogP contribution in [0.4, 0.5) is 0 Å². The van der Waals surface area contributed by atoms with Crippen LogP contribution in [0.3, 0.4) is 0 Å². The molecule has 0 radical (unpaired) electrons. The molecule has 5 nitrogen and oxygen atoms in total. The molecule has 0 heterocycles. The first-order valence-corrected chi connectivity index (χ1v) is 13.8. The molecule has 0 aromatic heterocycles. The van der Waals surface area contributed by atoms with Crippen molar-refractivity contribution in [1.82, 2.24) is 10.2 Å². The first kappa shape index (κ1) is 26.9. The minimum atomic E-state index is -0.655. The van der Waals surface area contributed by atoms with Gasteiger partial charge in [-0.2, -0.15) is 0 Å². The van der Waals surface area contributed by atoms with E-state index in [-0.39, 0.29) is 24.5 Å². The van der Waals surface area contributed by atoms with Gasteiger partial charge in [0.2, 0.25) is 5.91 Å². The van der Waals surface area contributed by atoms with Crippen molar-refractivity contribution < 1.29 is 14.3 Å². The van der Waals surface area contributed by atoms with Gasteiger partial charge in [0.05, 0.1) is 0 Å². The normalized spacial score (nSPS) is 14.5. The largest absolute Gasteiger partial charge is 0.484 e. The van der Waals surface area contributed by atoms with Crippen LogP contribution in [0.15, 0.2) is 83.3 Å². The second kappa shape index (κ2) is 13.4. The number of benzene rings is 3. The van der Waals surface area contributed by atoms with Gasteiger partial charge in [-0.05, 0) is 55.2 Å². The van der Waals surface area contributed by atoms with Crippen LogP contribution in [-0.2, 0) is 22.6 Å². The quantitative estimate of drug-likeness (QED) is 0.319. The third-order valence-electron chi connectivity index (χ3n) is 6.85. The molecule has 0 bridgehead atoms. The number of amides is 2. The summed E-state index contributed by atoms with van der Waals surface area (Å²) in [6.45, 7) is 2.18. The highest BCUT2D eigenvalue weighted by molar-refractivity contribution is 9.10. The van der Waals surface area contributed by atoms with Crippen LogP contribution in [0, 0.1) is 6.92 Å². The predicted octanol–water partition coefficient (Wildman–Crippen LogP) is 6.23. The first-order chi connectivity index (χ1) is 18.0. The average molecular weight is 564 g/mol. The topological polar surface area (TPSA) is 58.6 Å². The molecule has 3 aromatic rings. The zero-order valence-corrected chi connectivity index (χ0v) is 23.0. The summed E-state index contributed by atoms with van der Waals surface area (Å²) in [7, 11) is 0. The molecule has 1 aliphatic rings. The van der Waals surface area contributed by atoms with Crippen molar-refractivity contribution in [2.24, 2.45) is 0 Å². The van der Waals surface area contributed by atoms with Gasteiger partial charge in [0.1, 0.15) is 11.8 Å². The average Bonchev–Trinajstić information content (AvgIpc) is 2.91. The van der Waals surface area contributed by atoms with E-state index in [0.29, 0.717) is 18.7 Å². The molecule has 3 aromatic carbocycles. The van der Waals surface area contributed by atoms with E-state index in [1.807, 2.05) is 85.8 Å². The van der Waals surface area contributed by atoms with Crippen molar-refractivity contribution >= 4 is 27.7 Å². The number of nitrogens with zero attached hydrogens (tertiary/aromatic N) is 1. The van der Waals surface area contributed by atoms with Gasteiger partial charge in [0, 0.05) is 23.5 Å². The summed E-state index contributed by atoms with van der Waals surface area (Å²) >= 11 is 3.53. The van der Waals surface area contributed by atoms with Crippen LogP contribution >= 0.6 is 15.9 Å². The standard InChI is InChI=1S/C31H35BrN2O3/c1-23-15-17-28(18-16-23)37-22-30(35)34(21-25-11-8-12-26(32)19-25)29(20-24-9-4-2-5-10-24)31(36)33-27-13-6-3-7-14-27/h2,4-5,8-12,15-19,27,29H,3,6-7,13-14,20-22H2,1H3,(H,33,36)/t29-/m0/s1. The van der Waals surface area contributed by atoms with E-state index in [1.165, 1.54) is 6.42 Å². The minimum Gasteiger partial charge on any atom is -0.484 e. The van der Waals surface area contributed by atoms with Crippen molar-refractivity contribution in [3.05, 3.63) is 100 Å². The fourth-order valence-electron chi connectivity index (χ4n) is 4.79. The van der Waals surface area contributed by atoms with Crippen molar-refractivity contribution in [3.8, 4) is 5.75 Å². The molecule has 6 heteroatoms. The Morgan fingerprint density at radius 2 is 1.65 bits per heavy atom. The van der Waals surface area contributed by atoms with Gasteiger partial charge in [-0.1, -0.05) is 95.4 Å². The van der Waals surface area contributed by atoms with Gasteiger partial charge in [0.25, 0.3) is 5.91 Å². The van der Waals surface area contributed by atoms with E-state index in [9.17, 15) is 9.59 Å². The Bertz CT molecular complexity index is 1160. The maximum atomic E-state index is 13.8. The molecule has 0 saturated heterocycles. The second-order valence-corrected chi connectivity index (χ2v) is 10.7. The third kappa shape index (κ3) is 8.19. The smallest absolute Gasteiger partial charge is 0.261 e. The molecular formula is C31H35BrN2O3. The maximum Gasteiger partial charge on any atom is 0.261 e. The second-order valence-electron chi connectivity index (χ2n) is 9.80. The Morgan fingerprint density at radius 1 is 0.946 bits per heavy atom. The molecule has 0 unspecified atom stereocenters. The molecule has 1 atom stereocenters. The lowest BCUT2D eigenvalue weighted by molar-refractivity contribution is -0.143. The Kier molecular flexibility index (Phi) is 9.78. The molecule has 4 rings (SSSR count). The minimum absolute atomic E-state index is 0.102. The molecule has 0 spiro atoms. The highest BCUT2D eigenvalue weighted by Crippen LogP contribution is 2.21. The van der Waals surface area contributed by atoms with E-state index in [4.69, 9.17) is 4.74 Å². The summed E-state index contributed by atoms with van der Waals surface area (Å²) in [4.78, 5) is 29.2. The molecule has 194 valence electrons. The van der Waals surface area contributed by atoms with Crippen LogP contribution in [0.5, 0.6) is 5.75 Å². The van der Waals surface area contributed by atoms with Crippen LogP contribution in [0.2, 0.25) is 0 Å². The highest BCUT2D eigenvalue weighted by atomic mass is 79.9. The van der Waals surface area contributed by atoms with E-state index >= 15 is 0 Å².